The van der Waals surface area contributed by atoms with Crippen molar-refractivity contribution in [3.63, 3.8) is 0 Å². The van der Waals surface area contributed by atoms with E-state index < -0.39 is 29.5 Å². The van der Waals surface area contributed by atoms with Crippen LogP contribution in [0.3, 0.4) is 0 Å². The average molecular weight is 344 g/mol. The minimum absolute atomic E-state index is 0.0390. The van der Waals surface area contributed by atoms with E-state index in [2.05, 4.69) is 4.98 Å². The molecule has 1 heterocycles. The van der Waals surface area contributed by atoms with Crippen LogP contribution in [-0.2, 0) is 11.0 Å². The number of halogens is 4. The summed E-state index contributed by atoms with van der Waals surface area (Å²) < 4.78 is 38.5. The van der Waals surface area contributed by atoms with Crippen LogP contribution in [0.15, 0.2) is 12.3 Å². The van der Waals surface area contributed by atoms with Crippen LogP contribution < -0.4 is 0 Å². The Labute approximate surface area is 128 Å². The van der Waals surface area contributed by atoms with Crippen molar-refractivity contribution < 1.29 is 28.2 Å². The molecular formula is C12H13ClF3NO3S. The van der Waals surface area contributed by atoms with E-state index in [9.17, 15) is 28.2 Å². The molecule has 2 unspecified atom stereocenters. The van der Waals surface area contributed by atoms with Crippen molar-refractivity contribution in [3.8, 4) is 0 Å². The zero-order valence-corrected chi connectivity index (χ0v) is 12.5. The van der Waals surface area contributed by atoms with Crippen LogP contribution >= 0.6 is 23.4 Å². The number of alkyl halides is 3. The summed E-state index contributed by atoms with van der Waals surface area (Å²) in [6.07, 6.45) is -7.46. The van der Waals surface area contributed by atoms with Gasteiger partial charge in [-0.15, -0.1) is 0 Å². The standard InChI is InChI=1S/C12H13ClF3NO3S/c1-6(18)21-3-2-9(19)11(20)7-4-10(13)17-5-8(7)12(14,15)16/h4-5,9,11,19-20H,2-3H2,1H3. The first-order chi connectivity index (χ1) is 9.62. The molecule has 0 aliphatic rings. The number of aromatic nitrogens is 1. The summed E-state index contributed by atoms with van der Waals surface area (Å²) in [4.78, 5) is 14.1. The molecule has 118 valence electrons. The number of carbonyl (C=O) groups is 1. The molecule has 0 fully saturated rings. The van der Waals surface area contributed by atoms with Crippen LogP contribution in [0.4, 0.5) is 13.2 Å². The Kier molecular flexibility index (Phi) is 6.45. The van der Waals surface area contributed by atoms with Crippen molar-refractivity contribution in [1.82, 2.24) is 4.98 Å². The monoisotopic (exact) mass is 343 g/mol. The molecule has 1 aromatic rings. The van der Waals surface area contributed by atoms with Gasteiger partial charge in [-0.2, -0.15) is 13.2 Å². The van der Waals surface area contributed by atoms with Gasteiger partial charge in [0.1, 0.15) is 11.3 Å². The van der Waals surface area contributed by atoms with E-state index in [-0.39, 0.29) is 22.4 Å². The maximum atomic E-state index is 12.8. The number of aliphatic hydroxyl groups is 2. The minimum atomic E-state index is -4.72. The molecule has 0 bridgehead atoms. The summed E-state index contributed by atoms with van der Waals surface area (Å²) in [5, 5.41) is 19.3. The SMILES string of the molecule is CC(=O)SCCC(O)C(O)c1cc(Cl)ncc1C(F)(F)F. The molecule has 4 nitrogen and oxygen atoms in total. The molecule has 9 heteroatoms. The Bertz CT molecular complexity index is 513. The first kappa shape index (κ1) is 18.2. The number of rotatable bonds is 5. The van der Waals surface area contributed by atoms with Gasteiger partial charge in [0, 0.05) is 18.9 Å². The van der Waals surface area contributed by atoms with Gasteiger partial charge in [0.2, 0.25) is 0 Å². The molecule has 0 radical (unpaired) electrons. The molecule has 2 N–H and O–H groups in total. The van der Waals surface area contributed by atoms with Crippen molar-refractivity contribution >= 4 is 28.5 Å². The molecule has 0 amide bonds. The molecule has 0 saturated carbocycles. The van der Waals surface area contributed by atoms with E-state index in [1.54, 1.807) is 0 Å². The molecule has 0 aliphatic heterocycles. The fourth-order valence-electron chi connectivity index (χ4n) is 1.61. The van der Waals surface area contributed by atoms with E-state index >= 15 is 0 Å². The third-order valence-electron chi connectivity index (χ3n) is 2.61. The van der Waals surface area contributed by atoms with Crippen LogP contribution in [0.25, 0.3) is 0 Å². The van der Waals surface area contributed by atoms with Gasteiger partial charge in [0.15, 0.2) is 5.12 Å². The highest BCUT2D eigenvalue weighted by Crippen LogP contribution is 2.36. The summed E-state index contributed by atoms with van der Waals surface area (Å²) in [6.45, 7) is 1.33. The van der Waals surface area contributed by atoms with Crippen LogP contribution in [0.5, 0.6) is 0 Å². The van der Waals surface area contributed by atoms with E-state index in [0.717, 1.165) is 17.8 Å². The number of aliphatic hydroxyl groups excluding tert-OH is 2. The van der Waals surface area contributed by atoms with E-state index in [0.29, 0.717) is 6.20 Å². The fourth-order valence-corrected chi connectivity index (χ4v) is 2.43. The highest BCUT2D eigenvalue weighted by molar-refractivity contribution is 8.13. The normalized spacial score (nSPS) is 14.8. The largest absolute Gasteiger partial charge is 0.418 e. The van der Waals surface area contributed by atoms with Crippen molar-refractivity contribution in [2.24, 2.45) is 0 Å². The van der Waals surface area contributed by atoms with Gasteiger partial charge in [-0.05, 0) is 18.1 Å². The lowest BCUT2D eigenvalue weighted by Crippen LogP contribution is -2.23. The summed E-state index contributed by atoms with van der Waals surface area (Å²) in [7, 11) is 0. The number of hydrogen-bond donors (Lipinski definition) is 2. The lowest BCUT2D eigenvalue weighted by molar-refractivity contribution is -0.140. The average Bonchev–Trinajstić information content (AvgIpc) is 2.35. The van der Waals surface area contributed by atoms with Crippen LogP contribution in [0, 0.1) is 0 Å². The number of carbonyl (C=O) groups excluding carboxylic acids is 1. The number of pyridine rings is 1. The van der Waals surface area contributed by atoms with Gasteiger partial charge < -0.3 is 10.2 Å². The van der Waals surface area contributed by atoms with E-state index in [1.807, 2.05) is 0 Å². The third kappa shape index (κ3) is 5.46. The number of hydrogen-bond acceptors (Lipinski definition) is 5. The smallest absolute Gasteiger partial charge is 0.390 e. The molecule has 1 aromatic heterocycles. The van der Waals surface area contributed by atoms with E-state index in [4.69, 9.17) is 11.6 Å². The molecular weight excluding hydrogens is 331 g/mol. The van der Waals surface area contributed by atoms with Crippen molar-refractivity contribution in [2.45, 2.75) is 31.7 Å². The molecule has 2 atom stereocenters. The number of nitrogens with zero attached hydrogens (tertiary/aromatic N) is 1. The van der Waals surface area contributed by atoms with Crippen LogP contribution in [-0.4, -0.2) is 32.2 Å². The Hall–Kier alpha value is -0.830. The predicted octanol–water partition coefficient (Wildman–Crippen LogP) is 2.82. The molecule has 21 heavy (non-hydrogen) atoms. The molecule has 0 spiro atoms. The van der Waals surface area contributed by atoms with Crippen LogP contribution in [0.1, 0.15) is 30.6 Å². The van der Waals surface area contributed by atoms with Gasteiger partial charge in [-0.1, -0.05) is 23.4 Å². The highest BCUT2D eigenvalue weighted by Gasteiger charge is 2.37. The summed E-state index contributed by atoms with van der Waals surface area (Å²) >= 11 is 6.46. The summed E-state index contributed by atoms with van der Waals surface area (Å²) in [5.41, 5.74) is -1.69. The first-order valence-electron chi connectivity index (χ1n) is 5.85. The quantitative estimate of drug-likeness (QED) is 0.804. The van der Waals surface area contributed by atoms with Crippen LogP contribution in [0.2, 0.25) is 5.15 Å². The lowest BCUT2D eigenvalue weighted by atomic mass is 9.99. The lowest BCUT2D eigenvalue weighted by Gasteiger charge is -2.21. The maximum Gasteiger partial charge on any atom is 0.418 e. The Morgan fingerprint density at radius 2 is 2.10 bits per heavy atom. The number of thioether (sulfide) groups is 1. The maximum absolute atomic E-state index is 12.8. The van der Waals surface area contributed by atoms with Gasteiger partial charge in [0.25, 0.3) is 0 Å². The second-order valence-corrected chi connectivity index (χ2v) is 5.89. The zero-order chi connectivity index (χ0) is 16.2. The Morgan fingerprint density at radius 1 is 1.48 bits per heavy atom. The van der Waals surface area contributed by atoms with Gasteiger partial charge in [-0.25, -0.2) is 4.98 Å². The molecule has 1 rings (SSSR count). The first-order valence-corrected chi connectivity index (χ1v) is 7.21. The van der Waals surface area contributed by atoms with Gasteiger partial charge in [0.05, 0.1) is 11.7 Å². The van der Waals surface area contributed by atoms with Gasteiger partial charge >= 0.3 is 6.18 Å². The molecule has 0 saturated heterocycles. The van der Waals surface area contributed by atoms with Crippen molar-refractivity contribution in [2.75, 3.05) is 5.75 Å². The van der Waals surface area contributed by atoms with Crippen molar-refractivity contribution in [3.05, 3.63) is 28.5 Å². The summed E-state index contributed by atoms with van der Waals surface area (Å²) in [5.74, 6) is 0.188. The van der Waals surface area contributed by atoms with Gasteiger partial charge in [-0.3, -0.25) is 4.79 Å². The zero-order valence-electron chi connectivity index (χ0n) is 10.9. The molecule has 0 aliphatic carbocycles. The predicted molar refractivity (Wildman–Crippen MR) is 73.0 cm³/mol. The fraction of sp³-hybridized carbons (Fsp3) is 0.500. The molecule has 0 aromatic carbocycles. The Balaban J connectivity index is 2.92. The second kappa shape index (κ2) is 7.44. The second-order valence-electron chi connectivity index (χ2n) is 4.23. The minimum Gasteiger partial charge on any atom is -0.390 e. The van der Waals surface area contributed by atoms with E-state index in [1.165, 1.54) is 6.92 Å². The Morgan fingerprint density at radius 3 is 2.62 bits per heavy atom. The third-order valence-corrected chi connectivity index (χ3v) is 3.66. The summed E-state index contributed by atoms with van der Waals surface area (Å²) in [6, 6.07) is 0.871. The van der Waals surface area contributed by atoms with Crippen molar-refractivity contribution in [1.29, 1.82) is 0 Å². The highest BCUT2D eigenvalue weighted by atomic mass is 35.5. The topological polar surface area (TPSA) is 70.4 Å².